The maximum atomic E-state index is 13.5. The van der Waals surface area contributed by atoms with Crippen LogP contribution >= 0.6 is 11.6 Å². The van der Waals surface area contributed by atoms with Gasteiger partial charge in [-0.3, -0.25) is 4.98 Å². The number of carbonyl (C=O) groups excluding carboxylic acids is 1. The van der Waals surface area contributed by atoms with Gasteiger partial charge in [-0.2, -0.15) is 0 Å². The second kappa shape index (κ2) is 7.93. The highest BCUT2D eigenvalue weighted by atomic mass is 35.5. The Morgan fingerprint density at radius 3 is 2.57 bits per heavy atom. The van der Waals surface area contributed by atoms with Crippen LogP contribution in [0, 0.1) is 0 Å². The molecule has 0 aliphatic carbocycles. The summed E-state index contributed by atoms with van der Waals surface area (Å²) in [6.07, 6.45) is 1.69. The molecule has 0 saturated carbocycles. The van der Waals surface area contributed by atoms with Crippen molar-refractivity contribution in [3.63, 3.8) is 0 Å². The highest BCUT2D eigenvalue weighted by Gasteiger charge is 2.23. The Morgan fingerprint density at radius 2 is 1.83 bits per heavy atom. The van der Waals surface area contributed by atoms with Gasteiger partial charge in [-0.15, -0.1) is 0 Å². The molecular weight excluding hydrogens is 424 g/mol. The number of halogens is 1. The Balaban J connectivity index is 1.89. The van der Waals surface area contributed by atoms with Gasteiger partial charge in [0.25, 0.3) is 10.0 Å². The van der Waals surface area contributed by atoms with E-state index in [4.69, 9.17) is 16.3 Å². The van der Waals surface area contributed by atoms with Crippen LogP contribution in [0.4, 0.5) is 0 Å². The second-order valence-electron chi connectivity index (χ2n) is 6.63. The molecule has 2 aromatic heterocycles. The number of hydrogen-bond acceptors (Lipinski definition) is 5. The van der Waals surface area contributed by atoms with Gasteiger partial charge in [0, 0.05) is 34.4 Å². The van der Waals surface area contributed by atoms with Crippen LogP contribution in [0.5, 0.6) is 0 Å². The molecule has 0 saturated heterocycles. The van der Waals surface area contributed by atoms with Crippen LogP contribution in [0.25, 0.3) is 10.9 Å². The summed E-state index contributed by atoms with van der Waals surface area (Å²) in [5.74, 6) is -0.483. The summed E-state index contributed by atoms with van der Waals surface area (Å²) >= 11 is 6.12. The Hall–Kier alpha value is -3.16. The number of fused-ring (bicyclic) bond motifs is 1. The highest BCUT2D eigenvalue weighted by molar-refractivity contribution is 7.90. The van der Waals surface area contributed by atoms with Crippen LogP contribution in [0.15, 0.2) is 77.8 Å². The van der Waals surface area contributed by atoms with E-state index in [1.165, 1.54) is 17.3 Å². The van der Waals surface area contributed by atoms with Crippen LogP contribution in [0.3, 0.4) is 0 Å². The van der Waals surface area contributed by atoms with E-state index in [1.807, 2.05) is 0 Å². The molecule has 2 aromatic carbocycles. The molecule has 4 aromatic rings. The lowest BCUT2D eigenvalue weighted by Crippen LogP contribution is -2.16. The first-order chi connectivity index (χ1) is 14.4. The first kappa shape index (κ1) is 20.1. The molecule has 0 aliphatic rings. The number of pyridine rings is 1. The smallest absolute Gasteiger partial charge is 0.337 e. The van der Waals surface area contributed by atoms with Crippen molar-refractivity contribution in [3.8, 4) is 0 Å². The van der Waals surface area contributed by atoms with Crippen molar-refractivity contribution in [2.75, 3.05) is 7.11 Å². The van der Waals surface area contributed by atoms with Crippen molar-refractivity contribution in [1.29, 1.82) is 0 Å². The van der Waals surface area contributed by atoms with Crippen LogP contribution in [-0.2, 0) is 21.2 Å². The fraction of sp³-hybridized carbons (Fsp3) is 0.0909. The zero-order valence-corrected chi connectivity index (χ0v) is 17.5. The number of ether oxygens (including phenoxy) is 1. The van der Waals surface area contributed by atoms with E-state index in [2.05, 4.69) is 4.98 Å². The molecule has 0 unspecified atom stereocenters. The fourth-order valence-electron chi connectivity index (χ4n) is 3.33. The molecule has 0 amide bonds. The molecule has 0 radical (unpaired) electrons. The van der Waals surface area contributed by atoms with E-state index >= 15 is 0 Å². The van der Waals surface area contributed by atoms with Gasteiger partial charge in [0.15, 0.2) is 0 Å². The van der Waals surface area contributed by atoms with Crippen LogP contribution in [-0.4, -0.2) is 30.5 Å². The third kappa shape index (κ3) is 3.69. The summed E-state index contributed by atoms with van der Waals surface area (Å²) in [6.45, 7) is 0. The van der Waals surface area contributed by atoms with Gasteiger partial charge in [0.2, 0.25) is 0 Å². The summed E-state index contributed by atoms with van der Waals surface area (Å²) in [5, 5.41) is 1.20. The average Bonchev–Trinajstić information content (AvgIpc) is 3.11. The topological polar surface area (TPSA) is 78.3 Å². The maximum absolute atomic E-state index is 13.5. The normalized spacial score (nSPS) is 11.5. The zero-order valence-electron chi connectivity index (χ0n) is 15.9. The van der Waals surface area contributed by atoms with E-state index in [-0.39, 0.29) is 11.3 Å². The highest BCUT2D eigenvalue weighted by Crippen LogP contribution is 2.29. The molecule has 0 N–H and O–H groups in total. The minimum Gasteiger partial charge on any atom is -0.465 e. The molecule has 4 rings (SSSR count). The van der Waals surface area contributed by atoms with Gasteiger partial charge in [-0.25, -0.2) is 17.2 Å². The van der Waals surface area contributed by atoms with E-state index in [0.717, 1.165) is 0 Å². The van der Waals surface area contributed by atoms with Crippen molar-refractivity contribution in [3.05, 3.63) is 94.9 Å². The third-order valence-electron chi connectivity index (χ3n) is 4.67. The first-order valence-electron chi connectivity index (χ1n) is 9.04. The third-order valence-corrected chi connectivity index (χ3v) is 6.69. The number of esters is 1. The summed E-state index contributed by atoms with van der Waals surface area (Å²) < 4.78 is 33.0. The molecule has 152 valence electrons. The van der Waals surface area contributed by atoms with Gasteiger partial charge in [-0.1, -0.05) is 29.8 Å². The minimum atomic E-state index is -3.86. The molecule has 0 spiro atoms. The largest absolute Gasteiger partial charge is 0.465 e. The molecule has 6 nitrogen and oxygen atoms in total. The molecule has 0 bridgehead atoms. The van der Waals surface area contributed by atoms with Gasteiger partial charge in [0.05, 0.1) is 23.1 Å². The molecular formula is C22H17ClN2O4S. The van der Waals surface area contributed by atoms with E-state index in [9.17, 15) is 13.2 Å². The summed E-state index contributed by atoms with van der Waals surface area (Å²) in [5.41, 5.74) is 1.91. The Morgan fingerprint density at radius 1 is 1.07 bits per heavy atom. The standard InChI is InChI=1S/C22H17ClN2O4S/c1-29-22(26)15-9-10-24-18(12-15)14-19-13-16-11-17(23)7-8-21(16)25(19)30(27,28)20-5-3-2-4-6-20/h2-13H,14H2,1H3. The van der Waals surface area contributed by atoms with E-state index in [1.54, 1.807) is 66.7 Å². The van der Waals surface area contributed by atoms with Gasteiger partial charge >= 0.3 is 5.97 Å². The van der Waals surface area contributed by atoms with Crippen molar-refractivity contribution < 1.29 is 17.9 Å². The molecule has 8 heteroatoms. The number of methoxy groups -OCH3 is 1. The second-order valence-corrected chi connectivity index (χ2v) is 8.85. The fourth-order valence-corrected chi connectivity index (χ4v) is 5.07. The van der Waals surface area contributed by atoms with Crippen LogP contribution in [0.2, 0.25) is 5.02 Å². The SMILES string of the molecule is COC(=O)c1ccnc(Cc2cc3cc(Cl)ccc3n2S(=O)(=O)c2ccccc2)c1. The number of carbonyl (C=O) groups is 1. The number of rotatable bonds is 5. The van der Waals surface area contributed by atoms with Crippen molar-refractivity contribution in [2.45, 2.75) is 11.3 Å². The first-order valence-corrected chi connectivity index (χ1v) is 10.9. The van der Waals surface area contributed by atoms with E-state index in [0.29, 0.717) is 32.9 Å². The number of hydrogen-bond donors (Lipinski definition) is 0. The molecule has 30 heavy (non-hydrogen) atoms. The van der Waals surface area contributed by atoms with Gasteiger partial charge in [0.1, 0.15) is 0 Å². The van der Waals surface area contributed by atoms with Crippen LogP contribution < -0.4 is 0 Å². The lowest BCUT2D eigenvalue weighted by Gasteiger charge is -2.12. The average molecular weight is 441 g/mol. The lowest BCUT2D eigenvalue weighted by molar-refractivity contribution is 0.0600. The van der Waals surface area contributed by atoms with Gasteiger partial charge in [-0.05, 0) is 48.5 Å². The Bertz CT molecular complexity index is 1350. The Kier molecular flexibility index (Phi) is 5.32. The summed E-state index contributed by atoms with van der Waals surface area (Å²) in [7, 11) is -2.56. The number of benzene rings is 2. The zero-order chi connectivity index (χ0) is 21.3. The minimum absolute atomic E-state index is 0.176. The van der Waals surface area contributed by atoms with Crippen molar-refractivity contribution >= 4 is 38.5 Å². The van der Waals surface area contributed by atoms with Crippen LogP contribution in [0.1, 0.15) is 21.7 Å². The summed E-state index contributed by atoms with van der Waals surface area (Å²) in [4.78, 5) is 16.3. The predicted octanol–water partition coefficient (Wildman–Crippen LogP) is 4.30. The molecule has 0 atom stereocenters. The number of nitrogens with zero attached hydrogens (tertiary/aromatic N) is 2. The van der Waals surface area contributed by atoms with E-state index < -0.39 is 16.0 Å². The molecule has 0 aliphatic heterocycles. The van der Waals surface area contributed by atoms with Crippen molar-refractivity contribution in [1.82, 2.24) is 8.96 Å². The van der Waals surface area contributed by atoms with Gasteiger partial charge < -0.3 is 4.74 Å². The number of aromatic nitrogens is 2. The lowest BCUT2D eigenvalue weighted by atomic mass is 10.1. The molecule has 0 fully saturated rings. The predicted molar refractivity (Wildman–Crippen MR) is 114 cm³/mol. The maximum Gasteiger partial charge on any atom is 0.337 e. The Labute approximate surface area is 178 Å². The molecule has 2 heterocycles. The van der Waals surface area contributed by atoms with Crippen molar-refractivity contribution in [2.24, 2.45) is 0 Å². The summed E-state index contributed by atoms with van der Waals surface area (Å²) in [6, 6.07) is 18.2. The quantitative estimate of drug-likeness (QED) is 0.432. The monoisotopic (exact) mass is 440 g/mol.